The van der Waals surface area contributed by atoms with Gasteiger partial charge in [0, 0.05) is 31.7 Å². The Bertz CT molecular complexity index is 530. The second-order valence-electron chi connectivity index (χ2n) is 4.67. The van der Waals surface area contributed by atoms with E-state index in [9.17, 15) is 8.42 Å². The summed E-state index contributed by atoms with van der Waals surface area (Å²) in [5, 5.41) is 6.22. The molecule has 1 unspecified atom stereocenters. The van der Waals surface area contributed by atoms with Crippen LogP contribution in [0.1, 0.15) is 12.5 Å². The minimum atomic E-state index is -3.63. The van der Waals surface area contributed by atoms with Gasteiger partial charge in [-0.3, -0.25) is 10.00 Å². The molecule has 0 spiro atoms. The number of rotatable bonds is 6. The van der Waals surface area contributed by atoms with Crippen LogP contribution in [0.25, 0.3) is 0 Å². The summed E-state index contributed by atoms with van der Waals surface area (Å²) in [6, 6.07) is 0. The van der Waals surface area contributed by atoms with Gasteiger partial charge in [0.25, 0.3) is 10.0 Å². The van der Waals surface area contributed by atoms with Crippen LogP contribution in [0.2, 0.25) is 0 Å². The van der Waals surface area contributed by atoms with E-state index in [1.165, 1.54) is 6.20 Å². The molecule has 0 amide bonds. The van der Waals surface area contributed by atoms with Crippen molar-refractivity contribution in [2.75, 3.05) is 32.8 Å². The number of likely N-dealkylation sites (N-methyl/N-ethyl adjacent to an activating group) is 1. The molecule has 4 N–H and O–H groups in total. The molecule has 0 bridgehead atoms. The fraction of sp³-hybridized carbons (Fsp3) is 0.727. The summed E-state index contributed by atoms with van der Waals surface area (Å²) in [4.78, 5) is 2.23. The van der Waals surface area contributed by atoms with Crippen molar-refractivity contribution in [3.8, 4) is 0 Å². The molecule has 0 aliphatic carbocycles. The number of sulfonamides is 1. The van der Waals surface area contributed by atoms with Crippen LogP contribution >= 0.6 is 0 Å². The van der Waals surface area contributed by atoms with Crippen molar-refractivity contribution in [1.82, 2.24) is 19.8 Å². The van der Waals surface area contributed by atoms with E-state index >= 15 is 0 Å². The fourth-order valence-electron chi connectivity index (χ4n) is 2.14. The third-order valence-corrected chi connectivity index (χ3v) is 4.78. The second-order valence-corrected chi connectivity index (χ2v) is 6.37. The molecule has 0 radical (unpaired) electrons. The maximum atomic E-state index is 12.2. The number of aromatic nitrogens is 2. The van der Waals surface area contributed by atoms with Crippen molar-refractivity contribution in [3.05, 3.63) is 11.8 Å². The summed E-state index contributed by atoms with van der Waals surface area (Å²) in [7, 11) is -3.63. The van der Waals surface area contributed by atoms with Gasteiger partial charge in [-0.05, 0) is 6.54 Å². The maximum absolute atomic E-state index is 12.2. The molecule has 1 aromatic rings. The number of hydrogen-bond acceptors (Lipinski definition) is 6. The van der Waals surface area contributed by atoms with E-state index in [0.29, 0.717) is 12.2 Å². The third kappa shape index (κ3) is 3.55. The lowest BCUT2D eigenvalue weighted by atomic mass is 10.3. The van der Waals surface area contributed by atoms with Gasteiger partial charge in [-0.15, -0.1) is 0 Å². The van der Waals surface area contributed by atoms with Gasteiger partial charge in [-0.25, -0.2) is 13.1 Å². The van der Waals surface area contributed by atoms with E-state index in [1.807, 2.05) is 0 Å². The van der Waals surface area contributed by atoms with Crippen LogP contribution in [0.15, 0.2) is 11.2 Å². The van der Waals surface area contributed by atoms with Gasteiger partial charge in [-0.1, -0.05) is 6.92 Å². The van der Waals surface area contributed by atoms with Gasteiger partial charge in [0.2, 0.25) is 0 Å². The Morgan fingerprint density at radius 3 is 3.15 bits per heavy atom. The highest BCUT2D eigenvalue weighted by Crippen LogP contribution is 2.11. The standard InChI is InChI=1S/C11H21N5O3S/c1-2-16-3-4-19-10(8-16)7-14-20(17,18)11-9(5-12)6-13-15-11/h6,10,14H,2-5,7-8,12H2,1H3,(H,13,15). The maximum Gasteiger partial charge on any atom is 0.257 e. The Hall–Kier alpha value is -1.00. The average molecular weight is 303 g/mol. The predicted molar refractivity (Wildman–Crippen MR) is 73.5 cm³/mol. The molecule has 114 valence electrons. The van der Waals surface area contributed by atoms with Crippen molar-refractivity contribution >= 4 is 10.0 Å². The zero-order valence-electron chi connectivity index (χ0n) is 11.5. The average Bonchev–Trinajstić information content (AvgIpc) is 2.95. The SMILES string of the molecule is CCN1CCOC(CNS(=O)(=O)c2[nH]ncc2CN)C1. The highest BCUT2D eigenvalue weighted by Gasteiger charge is 2.24. The Kier molecular flexibility index (Phi) is 5.11. The normalized spacial score (nSPS) is 21.2. The third-order valence-electron chi connectivity index (χ3n) is 3.34. The number of nitrogens with two attached hydrogens (primary N) is 1. The molecule has 1 aromatic heterocycles. The Morgan fingerprint density at radius 1 is 1.65 bits per heavy atom. The molecule has 2 heterocycles. The molecular formula is C11H21N5O3S. The number of H-pyrrole nitrogens is 1. The van der Waals surface area contributed by atoms with E-state index in [2.05, 4.69) is 26.7 Å². The second kappa shape index (κ2) is 6.64. The van der Waals surface area contributed by atoms with E-state index in [-0.39, 0.29) is 24.2 Å². The number of hydrogen-bond donors (Lipinski definition) is 3. The highest BCUT2D eigenvalue weighted by molar-refractivity contribution is 7.89. The van der Waals surface area contributed by atoms with Gasteiger partial charge < -0.3 is 10.5 Å². The Morgan fingerprint density at radius 2 is 2.45 bits per heavy atom. The van der Waals surface area contributed by atoms with Gasteiger partial charge in [0.15, 0.2) is 5.03 Å². The minimum Gasteiger partial charge on any atom is -0.374 e. The molecular weight excluding hydrogens is 282 g/mol. The van der Waals surface area contributed by atoms with Crippen molar-refractivity contribution in [2.24, 2.45) is 5.73 Å². The molecule has 1 fully saturated rings. The fourth-order valence-corrected chi connectivity index (χ4v) is 3.35. The van der Waals surface area contributed by atoms with Crippen LogP contribution in [-0.4, -0.2) is 62.4 Å². The van der Waals surface area contributed by atoms with Crippen molar-refractivity contribution in [1.29, 1.82) is 0 Å². The summed E-state index contributed by atoms with van der Waals surface area (Å²) in [5.41, 5.74) is 5.95. The highest BCUT2D eigenvalue weighted by atomic mass is 32.2. The first-order valence-electron chi connectivity index (χ1n) is 6.62. The van der Waals surface area contributed by atoms with Crippen LogP contribution in [0.3, 0.4) is 0 Å². The van der Waals surface area contributed by atoms with Crippen LogP contribution in [0.5, 0.6) is 0 Å². The molecule has 20 heavy (non-hydrogen) atoms. The minimum absolute atomic E-state index is 0.0307. The van der Waals surface area contributed by atoms with Gasteiger partial charge in [0.05, 0.1) is 18.9 Å². The molecule has 8 nitrogen and oxygen atoms in total. The zero-order chi connectivity index (χ0) is 14.6. The number of aromatic amines is 1. The van der Waals surface area contributed by atoms with E-state index in [1.54, 1.807) is 0 Å². The molecule has 9 heteroatoms. The van der Waals surface area contributed by atoms with Crippen molar-refractivity contribution in [3.63, 3.8) is 0 Å². The molecule has 0 aromatic carbocycles. The summed E-state index contributed by atoms with van der Waals surface area (Å²) in [6.07, 6.45) is 1.28. The van der Waals surface area contributed by atoms with Crippen LogP contribution in [-0.2, 0) is 21.3 Å². The lowest BCUT2D eigenvalue weighted by molar-refractivity contribution is -0.0229. The van der Waals surface area contributed by atoms with Gasteiger partial charge in [-0.2, -0.15) is 5.10 Å². The molecule has 1 aliphatic rings. The lowest BCUT2D eigenvalue weighted by Crippen LogP contribution is -2.47. The quantitative estimate of drug-likeness (QED) is 0.613. The Labute approximate surface area is 118 Å². The zero-order valence-corrected chi connectivity index (χ0v) is 12.3. The summed E-state index contributed by atoms with van der Waals surface area (Å²) in [5.74, 6) is 0. The largest absolute Gasteiger partial charge is 0.374 e. The first-order chi connectivity index (χ1) is 9.56. The molecule has 1 aliphatic heterocycles. The topological polar surface area (TPSA) is 113 Å². The van der Waals surface area contributed by atoms with Gasteiger partial charge >= 0.3 is 0 Å². The van der Waals surface area contributed by atoms with Crippen LogP contribution in [0, 0.1) is 0 Å². The summed E-state index contributed by atoms with van der Waals surface area (Å²) in [6.45, 7) is 5.61. The van der Waals surface area contributed by atoms with Crippen LogP contribution in [0.4, 0.5) is 0 Å². The van der Waals surface area contributed by atoms with Crippen molar-refractivity contribution in [2.45, 2.75) is 24.6 Å². The first kappa shape index (κ1) is 15.4. The molecule has 1 atom stereocenters. The number of nitrogens with zero attached hydrogens (tertiary/aromatic N) is 2. The lowest BCUT2D eigenvalue weighted by Gasteiger charge is -2.32. The van der Waals surface area contributed by atoms with E-state index in [0.717, 1.165) is 19.6 Å². The van der Waals surface area contributed by atoms with Crippen molar-refractivity contribution < 1.29 is 13.2 Å². The Balaban J connectivity index is 1.96. The number of morpholine rings is 1. The molecule has 1 saturated heterocycles. The molecule has 0 saturated carbocycles. The summed E-state index contributed by atoms with van der Waals surface area (Å²) < 4.78 is 32.4. The monoisotopic (exact) mass is 303 g/mol. The van der Waals surface area contributed by atoms with E-state index < -0.39 is 10.0 Å². The number of nitrogens with one attached hydrogen (secondary N) is 2. The molecule has 2 rings (SSSR count). The summed E-state index contributed by atoms with van der Waals surface area (Å²) >= 11 is 0. The van der Waals surface area contributed by atoms with E-state index in [4.69, 9.17) is 10.5 Å². The predicted octanol–water partition coefficient (Wildman–Crippen LogP) is -1.13. The number of ether oxygens (including phenoxy) is 1. The first-order valence-corrected chi connectivity index (χ1v) is 8.11. The van der Waals surface area contributed by atoms with Crippen LogP contribution < -0.4 is 10.5 Å². The smallest absolute Gasteiger partial charge is 0.257 e. The van der Waals surface area contributed by atoms with Gasteiger partial charge in [0.1, 0.15) is 0 Å².